The van der Waals surface area contributed by atoms with E-state index < -0.39 is 5.60 Å². The molecule has 0 aromatic rings. The van der Waals surface area contributed by atoms with Gasteiger partial charge >= 0.3 is 0 Å². The summed E-state index contributed by atoms with van der Waals surface area (Å²) in [6, 6.07) is -0.114. The Morgan fingerprint density at radius 2 is 1.58 bits per heavy atom. The summed E-state index contributed by atoms with van der Waals surface area (Å²) in [4.78, 5) is 0. The Labute approximate surface area is 76.2 Å². The third-order valence-electron chi connectivity index (χ3n) is 2.11. The largest absolute Gasteiger partial charge is 0.389 e. The van der Waals surface area contributed by atoms with E-state index in [0.717, 1.165) is 12.8 Å². The Hall–Kier alpha value is -0.0800. The van der Waals surface area contributed by atoms with Crippen LogP contribution in [-0.4, -0.2) is 16.7 Å². The molecule has 74 valence electrons. The molecule has 0 rings (SSSR count). The van der Waals surface area contributed by atoms with Crippen LogP contribution in [0.1, 0.15) is 47.5 Å². The fraction of sp³-hybridized carbons (Fsp3) is 1.00. The zero-order chi connectivity index (χ0) is 9.99. The van der Waals surface area contributed by atoms with Gasteiger partial charge in [-0.25, -0.2) is 0 Å². The second-order valence-corrected chi connectivity index (χ2v) is 5.36. The Kier molecular flexibility index (Phi) is 3.73. The van der Waals surface area contributed by atoms with Gasteiger partial charge in [-0.2, -0.15) is 0 Å². The molecular weight excluding hydrogens is 150 g/mol. The van der Waals surface area contributed by atoms with Crippen LogP contribution >= 0.6 is 0 Å². The van der Waals surface area contributed by atoms with Crippen molar-refractivity contribution in [2.75, 3.05) is 0 Å². The number of aliphatic hydroxyl groups is 1. The summed E-state index contributed by atoms with van der Waals surface area (Å²) in [6.45, 7) is 10.1. The van der Waals surface area contributed by atoms with Crippen LogP contribution in [0, 0.1) is 5.41 Å². The molecule has 2 nitrogen and oxygen atoms in total. The second kappa shape index (κ2) is 3.75. The average molecular weight is 173 g/mol. The first-order valence-corrected chi connectivity index (χ1v) is 4.61. The molecule has 0 saturated carbocycles. The van der Waals surface area contributed by atoms with E-state index in [1.54, 1.807) is 13.8 Å². The Balaban J connectivity index is 3.80. The SMILES string of the molecule is CC(C)(C)CCC(N)C(C)(C)O. The molecule has 0 fully saturated rings. The van der Waals surface area contributed by atoms with Crippen LogP contribution in [0.5, 0.6) is 0 Å². The third-order valence-corrected chi connectivity index (χ3v) is 2.11. The molecule has 0 radical (unpaired) electrons. The van der Waals surface area contributed by atoms with Crippen LogP contribution < -0.4 is 5.73 Å². The van der Waals surface area contributed by atoms with E-state index in [-0.39, 0.29) is 6.04 Å². The van der Waals surface area contributed by atoms with Crippen molar-refractivity contribution in [3.63, 3.8) is 0 Å². The topological polar surface area (TPSA) is 46.2 Å². The lowest BCUT2D eigenvalue weighted by atomic mass is 9.85. The van der Waals surface area contributed by atoms with Crippen molar-refractivity contribution in [3.05, 3.63) is 0 Å². The van der Waals surface area contributed by atoms with Gasteiger partial charge in [-0.3, -0.25) is 0 Å². The van der Waals surface area contributed by atoms with Gasteiger partial charge in [0.15, 0.2) is 0 Å². The van der Waals surface area contributed by atoms with E-state index in [1.165, 1.54) is 0 Å². The molecule has 0 aromatic heterocycles. The van der Waals surface area contributed by atoms with Gasteiger partial charge in [0.25, 0.3) is 0 Å². The lowest BCUT2D eigenvalue weighted by Crippen LogP contribution is -2.43. The third kappa shape index (κ3) is 5.56. The molecule has 2 heteroatoms. The van der Waals surface area contributed by atoms with E-state index in [2.05, 4.69) is 20.8 Å². The molecule has 12 heavy (non-hydrogen) atoms. The molecule has 0 aliphatic rings. The Morgan fingerprint density at radius 1 is 1.17 bits per heavy atom. The molecule has 1 atom stereocenters. The summed E-state index contributed by atoms with van der Waals surface area (Å²) in [6.07, 6.45) is 1.94. The molecule has 1 unspecified atom stereocenters. The molecule has 0 heterocycles. The number of nitrogens with two attached hydrogens (primary N) is 1. The predicted octanol–water partition coefficient (Wildman–Crippen LogP) is 1.91. The van der Waals surface area contributed by atoms with Gasteiger partial charge in [-0.05, 0) is 32.1 Å². The van der Waals surface area contributed by atoms with Gasteiger partial charge < -0.3 is 10.8 Å². The van der Waals surface area contributed by atoms with E-state index in [4.69, 9.17) is 5.73 Å². The highest BCUT2D eigenvalue weighted by Gasteiger charge is 2.24. The van der Waals surface area contributed by atoms with Gasteiger partial charge in [0, 0.05) is 6.04 Å². The summed E-state index contributed by atoms with van der Waals surface area (Å²) in [5, 5.41) is 9.56. The highest BCUT2D eigenvalue weighted by atomic mass is 16.3. The van der Waals surface area contributed by atoms with Gasteiger partial charge in [0.05, 0.1) is 5.60 Å². The van der Waals surface area contributed by atoms with Crippen molar-refractivity contribution >= 4 is 0 Å². The fourth-order valence-corrected chi connectivity index (χ4v) is 0.942. The predicted molar refractivity (Wildman–Crippen MR) is 53.0 cm³/mol. The molecule has 0 saturated heterocycles. The summed E-state index contributed by atoms with van der Waals surface area (Å²) >= 11 is 0. The second-order valence-electron chi connectivity index (χ2n) is 5.36. The number of rotatable bonds is 3. The van der Waals surface area contributed by atoms with Crippen LogP contribution in [0.15, 0.2) is 0 Å². The van der Waals surface area contributed by atoms with Crippen LogP contribution in [0.4, 0.5) is 0 Å². The van der Waals surface area contributed by atoms with Crippen molar-refractivity contribution in [1.82, 2.24) is 0 Å². The zero-order valence-electron chi connectivity index (χ0n) is 9.02. The van der Waals surface area contributed by atoms with Crippen LogP contribution in [0.2, 0.25) is 0 Å². The minimum absolute atomic E-state index is 0.114. The fourth-order valence-electron chi connectivity index (χ4n) is 0.942. The van der Waals surface area contributed by atoms with E-state index >= 15 is 0 Å². The van der Waals surface area contributed by atoms with Crippen LogP contribution in [0.25, 0.3) is 0 Å². The summed E-state index contributed by atoms with van der Waals surface area (Å²) in [7, 11) is 0. The molecule has 0 bridgehead atoms. The number of hydrogen-bond acceptors (Lipinski definition) is 2. The van der Waals surface area contributed by atoms with Gasteiger partial charge in [0.1, 0.15) is 0 Å². The summed E-state index contributed by atoms with van der Waals surface area (Å²) in [5.74, 6) is 0. The highest BCUT2D eigenvalue weighted by molar-refractivity contribution is 4.81. The molecule has 0 aliphatic carbocycles. The zero-order valence-corrected chi connectivity index (χ0v) is 9.02. The van der Waals surface area contributed by atoms with Crippen LogP contribution in [0.3, 0.4) is 0 Å². The lowest BCUT2D eigenvalue weighted by molar-refractivity contribution is 0.0453. The smallest absolute Gasteiger partial charge is 0.0741 e. The average Bonchev–Trinajstić information content (AvgIpc) is 1.78. The monoisotopic (exact) mass is 173 g/mol. The van der Waals surface area contributed by atoms with E-state index in [9.17, 15) is 5.11 Å². The van der Waals surface area contributed by atoms with Gasteiger partial charge in [0.2, 0.25) is 0 Å². The molecule has 0 aliphatic heterocycles. The maximum atomic E-state index is 9.56. The quantitative estimate of drug-likeness (QED) is 0.685. The van der Waals surface area contributed by atoms with Gasteiger partial charge in [-0.15, -0.1) is 0 Å². The lowest BCUT2D eigenvalue weighted by Gasteiger charge is -2.28. The maximum Gasteiger partial charge on any atom is 0.0741 e. The van der Waals surface area contributed by atoms with Crippen molar-refractivity contribution in [2.45, 2.75) is 59.1 Å². The Morgan fingerprint density at radius 3 is 1.83 bits per heavy atom. The summed E-state index contributed by atoms with van der Waals surface area (Å²) < 4.78 is 0. The van der Waals surface area contributed by atoms with E-state index in [0.29, 0.717) is 5.41 Å². The van der Waals surface area contributed by atoms with Crippen molar-refractivity contribution in [1.29, 1.82) is 0 Å². The van der Waals surface area contributed by atoms with Crippen molar-refractivity contribution in [2.24, 2.45) is 11.1 Å². The van der Waals surface area contributed by atoms with Crippen molar-refractivity contribution < 1.29 is 5.11 Å². The first kappa shape index (κ1) is 11.9. The normalized spacial score (nSPS) is 16.2. The number of hydrogen-bond donors (Lipinski definition) is 2. The van der Waals surface area contributed by atoms with Crippen LogP contribution in [-0.2, 0) is 0 Å². The Bertz CT molecular complexity index is 130. The first-order valence-electron chi connectivity index (χ1n) is 4.61. The molecule has 0 spiro atoms. The highest BCUT2D eigenvalue weighted by Crippen LogP contribution is 2.23. The van der Waals surface area contributed by atoms with E-state index in [1.807, 2.05) is 0 Å². The maximum absolute atomic E-state index is 9.56. The molecular formula is C10H23NO. The first-order chi connectivity index (χ1) is 5.13. The molecule has 3 N–H and O–H groups in total. The molecule has 0 aromatic carbocycles. The summed E-state index contributed by atoms with van der Waals surface area (Å²) in [5.41, 5.74) is 5.37. The molecule has 0 amide bonds. The van der Waals surface area contributed by atoms with Gasteiger partial charge in [-0.1, -0.05) is 20.8 Å². The minimum atomic E-state index is -0.745. The standard InChI is InChI=1S/C10H23NO/c1-9(2,3)7-6-8(11)10(4,5)12/h8,12H,6-7,11H2,1-5H3. The van der Waals surface area contributed by atoms with Crippen molar-refractivity contribution in [3.8, 4) is 0 Å². The minimum Gasteiger partial charge on any atom is -0.389 e.